The molecular weight excluding hydrogens is 594 g/mol. The largest absolute Gasteiger partial charge is 0.457 e. The van der Waals surface area contributed by atoms with Crippen LogP contribution in [0.5, 0.6) is 11.5 Å². The molecule has 0 bridgehead atoms. The number of likely N-dealkylation sites (tertiary alicyclic amines) is 1. The number of benzene rings is 3. The van der Waals surface area contributed by atoms with Crippen LogP contribution in [0.1, 0.15) is 61.0 Å². The molecule has 10 nitrogen and oxygen atoms in total. The molecule has 0 unspecified atom stereocenters. The zero-order valence-corrected chi connectivity index (χ0v) is 27.4. The number of rotatable bonds is 13. The average Bonchev–Trinajstić information content (AvgIpc) is 3.55. The van der Waals surface area contributed by atoms with Gasteiger partial charge in [0.2, 0.25) is 0 Å². The third-order valence-electron chi connectivity index (χ3n) is 8.42. The van der Waals surface area contributed by atoms with Crippen LogP contribution < -0.4 is 20.7 Å². The molecule has 5 rings (SSSR count). The number of amides is 3. The van der Waals surface area contributed by atoms with Crippen molar-refractivity contribution in [3.63, 3.8) is 0 Å². The van der Waals surface area contributed by atoms with Gasteiger partial charge in [0.25, 0.3) is 5.91 Å². The Morgan fingerprint density at radius 3 is 2.30 bits per heavy atom. The van der Waals surface area contributed by atoms with E-state index in [9.17, 15) is 14.7 Å². The van der Waals surface area contributed by atoms with E-state index in [0.717, 1.165) is 56.6 Å². The lowest BCUT2D eigenvalue weighted by molar-refractivity contribution is 0.0792. The molecule has 1 fully saturated rings. The predicted molar refractivity (Wildman–Crippen MR) is 184 cm³/mol. The SMILES string of the molecule is CCC(CC)NC(=O)Nc1ccc(Oc2ccc(NC(=O)c3ccc(-n4ccc(CN5CCC(O)CC5)c4)cc3)cc2)c(COC)c1. The van der Waals surface area contributed by atoms with Crippen molar-refractivity contribution in [1.82, 2.24) is 14.8 Å². The fraction of sp³-hybridized carbons (Fsp3) is 0.351. The highest BCUT2D eigenvalue weighted by Crippen LogP contribution is 2.29. The first-order chi connectivity index (χ1) is 22.8. The molecule has 0 saturated carbocycles. The number of nitrogens with zero attached hydrogens (tertiary/aromatic N) is 2. The van der Waals surface area contributed by atoms with Crippen molar-refractivity contribution < 1.29 is 24.2 Å². The van der Waals surface area contributed by atoms with Gasteiger partial charge in [-0.15, -0.1) is 0 Å². The van der Waals surface area contributed by atoms with Crippen molar-refractivity contribution in [3.8, 4) is 17.2 Å². The number of methoxy groups -OCH3 is 1. The number of hydrogen-bond acceptors (Lipinski definition) is 6. The van der Waals surface area contributed by atoms with Crippen LogP contribution in [0.3, 0.4) is 0 Å². The second kappa shape index (κ2) is 16.3. The van der Waals surface area contributed by atoms with Gasteiger partial charge in [0.05, 0.1) is 12.7 Å². The molecule has 10 heteroatoms. The number of carbonyl (C=O) groups is 2. The number of urea groups is 1. The maximum Gasteiger partial charge on any atom is 0.319 e. The molecule has 0 atom stereocenters. The van der Waals surface area contributed by atoms with E-state index in [-0.39, 0.29) is 24.1 Å². The molecule has 0 aliphatic carbocycles. The van der Waals surface area contributed by atoms with Gasteiger partial charge in [-0.1, -0.05) is 13.8 Å². The maximum atomic E-state index is 13.0. The fourth-order valence-electron chi connectivity index (χ4n) is 5.62. The number of piperidine rings is 1. The number of aromatic nitrogens is 1. The van der Waals surface area contributed by atoms with Gasteiger partial charge in [-0.05, 0) is 104 Å². The number of aliphatic hydroxyl groups excluding tert-OH is 1. The van der Waals surface area contributed by atoms with Crippen LogP contribution in [-0.2, 0) is 17.9 Å². The number of anilines is 2. The van der Waals surface area contributed by atoms with Gasteiger partial charge in [-0.3, -0.25) is 9.69 Å². The van der Waals surface area contributed by atoms with E-state index in [2.05, 4.69) is 37.7 Å². The molecule has 3 aromatic carbocycles. The van der Waals surface area contributed by atoms with Crippen LogP contribution in [-0.4, -0.2) is 58.9 Å². The van der Waals surface area contributed by atoms with Crippen LogP contribution in [0, 0.1) is 0 Å². The lowest BCUT2D eigenvalue weighted by atomic mass is 10.1. The molecule has 2 heterocycles. The molecule has 248 valence electrons. The van der Waals surface area contributed by atoms with E-state index in [0.29, 0.717) is 35.0 Å². The van der Waals surface area contributed by atoms with E-state index in [1.807, 2.05) is 50.4 Å². The Bertz CT molecular complexity index is 1610. The molecule has 0 radical (unpaired) electrons. The van der Waals surface area contributed by atoms with E-state index in [1.54, 1.807) is 43.5 Å². The van der Waals surface area contributed by atoms with Crippen molar-refractivity contribution >= 4 is 23.3 Å². The van der Waals surface area contributed by atoms with Crippen molar-refractivity contribution in [2.24, 2.45) is 0 Å². The van der Waals surface area contributed by atoms with Crippen LogP contribution in [0.4, 0.5) is 16.2 Å². The van der Waals surface area contributed by atoms with Gasteiger partial charge in [0.1, 0.15) is 11.5 Å². The third-order valence-corrected chi connectivity index (χ3v) is 8.42. The van der Waals surface area contributed by atoms with E-state index in [1.165, 1.54) is 5.56 Å². The molecule has 47 heavy (non-hydrogen) atoms. The molecule has 1 aliphatic rings. The lowest BCUT2D eigenvalue weighted by Gasteiger charge is -2.29. The Balaban J connectivity index is 1.15. The molecule has 1 aromatic heterocycles. The Morgan fingerprint density at radius 2 is 1.62 bits per heavy atom. The molecule has 4 aromatic rings. The summed E-state index contributed by atoms with van der Waals surface area (Å²) in [5.41, 5.74) is 4.83. The number of nitrogens with one attached hydrogen (secondary N) is 3. The van der Waals surface area contributed by atoms with E-state index >= 15 is 0 Å². The summed E-state index contributed by atoms with van der Waals surface area (Å²) in [5, 5.41) is 18.6. The first kappa shape index (κ1) is 33.7. The van der Waals surface area contributed by atoms with Gasteiger partial charge < -0.3 is 35.1 Å². The van der Waals surface area contributed by atoms with E-state index < -0.39 is 0 Å². The minimum absolute atomic E-state index is 0.126. The highest BCUT2D eigenvalue weighted by molar-refractivity contribution is 6.04. The maximum absolute atomic E-state index is 13.0. The first-order valence-electron chi connectivity index (χ1n) is 16.3. The number of aliphatic hydroxyl groups is 1. The minimum Gasteiger partial charge on any atom is -0.457 e. The summed E-state index contributed by atoms with van der Waals surface area (Å²) in [6.45, 7) is 7.08. The zero-order valence-electron chi connectivity index (χ0n) is 27.4. The van der Waals surface area contributed by atoms with Crippen LogP contribution in [0.2, 0.25) is 0 Å². The number of ether oxygens (including phenoxy) is 2. The van der Waals surface area contributed by atoms with Gasteiger partial charge in [-0.2, -0.15) is 0 Å². The Labute approximate surface area is 276 Å². The summed E-state index contributed by atoms with van der Waals surface area (Å²) in [6, 6.07) is 22.1. The standard InChI is InChI=1S/C37H45N5O5/c1-4-29(5-2)39-37(45)40-31-10-15-35(28(22-31)25-46-3)47-34-13-8-30(9-14-34)38-36(44)27-6-11-32(12-7-27)42-21-16-26(24-42)23-41-19-17-33(43)18-20-41/h6-16,21-22,24,29,33,43H,4-5,17-20,23,25H2,1-3H3,(H,38,44)(H2,39,40,45). The minimum atomic E-state index is -0.245. The Hall–Kier alpha value is -4.64. The second-order valence-corrected chi connectivity index (χ2v) is 11.9. The monoisotopic (exact) mass is 639 g/mol. The van der Waals surface area contributed by atoms with Crippen molar-refractivity contribution in [2.75, 3.05) is 30.8 Å². The quantitative estimate of drug-likeness (QED) is 0.126. The summed E-state index contributed by atoms with van der Waals surface area (Å²) < 4.78 is 13.6. The van der Waals surface area contributed by atoms with Crippen molar-refractivity contribution in [1.29, 1.82) is 0 Å². The topological polar surface area (TPSA) is 117 Å². The zero-order chi connectivity index (χ0) is 33.2. The number of carbonyl (C=O) groups excluding carboxylic acids is 2. The van der Waals surface area contributed by atoms with Crippen LogP contribution in [0.25, 0.3) is 5.69 Å². The van der Waals surface area contributed by atoms with E-state index in [4.69, 9.17) is 9.47 Å². The predicted octanol–water partition coefficient (Wildman–Crippen LogP) is 6.94. The van der Waals surface area contributed by atoms with Crippen molar-refractivity contribution in [3.05, 3.63) is 102 Å². The first-order valence-corrected chi connectivity index (χ1v) is 16.3. The highest BCUT2D eigenvalue weighted by Gasteiger charge is 2.17. The Kier molecular flexibility index (Phi) is 11.7. The fourth-order valence-corrected chi connectivity index (χ4v) is 5.62. The highest BCUT2D eigenvalue weighted by atomic mass is 16.5. The van der Waals surface area contributed by atoms with Gasteiger partial charge in [0, 0.05) is 73.4 Å². The van der Waals surface area contributed by atoms with Crippen LogP contribution in [0.15, 0.2) is 85.2 Å². The summed E-state index contributed by atoms with van der Waals surface area (Å²) in [4.78, 5) is 27.8. The average molecular weight is 640 g/mol. The molecule has 1 aliphatic heterocycles. The van der Waals surface area contributed by atoms with Gasteiger partial charge in [-0.25, -0.2) is 4.79 Å². The Morgan fingerprint density at radius 1 is 0.915 bits per heavy atom. The van der Waals surface area contributed by atoms with Crippen LogP contribution >= 0.6 is 0 Å². The molecule has 0 spiro atoms. The summed E-state index contributed by atoms with van der Waals surface area (Å²) in [6.07, 6.45) is 7.36. The second-order valence-electron chi connectivity index (χ2n) is 11.9. The molecule has 1 saturated heterocycles. The molecule has 4 N–H and O–H groups in total. The lowest BCUT2D eigenvalue weighted by Crippen LogP contribution is -2.37. The smallest absolute Gasteiger partial charge is 0.319 e. The summed E-state index contributed by atoms with van der Waals surface area (Å²) in [7, 11) is 1.61. The van der Waals surface area contributed by atoms with Crippen molar-refractivity contribution in [2.45, 2.75) is 64.8 Å². The normalized spacial score (nSPS) is 13.8. The molecule has 3 amide bonds. The number of hydrogen-bond donors (Lipinski definition) is 4. The van der Waals surface area contributed by atoms with Gasteiger partial charge >= 0.3 is 6.03 Å². The summed E-state index contributed by atoms with van der Waals surface area (Å²) in [5.74, 6) is 1.00. The third kappa shape index (κ3) is 9.45. The summed E-state index contributed by atoms with van der Waals surface area (Å²) >= 11 is 0. The van der Waals surface area contributed by atoms with Gasteiger partial charge in [0.15, 0.2) is 0 Å². The molecular formula is C37H45N5O5.